The van der Waals surface area contributed by atoms with E-state index in [-0.39, 0.29) is 11.8 Å². The average Bonchev–Trinajstić information content (AvgIpc) is 3.12. The number of aryl methyl sites for hydroxylation is 1. The Hall–Kier alpha value is -3.61. The lowest BCUT2D eigenvalue weighted by atomic mass is 10.1. The Kier molecular flexibility index (Phi) is 5.97. The van der Waals surface area contributed by atoms with E-state index in [0.717, 1.165) is 16.9 Å². The molecule has 0 aliphatic heterocycles. The van der Waals surface area contributed by atoms with Gasteiger partial charge in [0.05, 0.1) is 35.9 Å². The topological polar surface area (TPSA) is 85.2 Å². The molecule has 150 valence electrons. The van der Waals surface area contributed by atoms with Crippen molar-refractivity contribution in [2.45, 2.75) is 27.2 Å². The Labute approximate surface area is 169 Å². The first-order valence-corrected chi connectivity index (χ1v) is 9.33. The van der Waals surface area contributed by atoms with Crippen LogP contribution >= 0.6 is 0 Å². The number of ether oxygens (including phenoxy) is 1. The molecule has 0 fully saturated rings. The first-order chi connectivity index (χ1) is 13.9. The van der Waals surface area contributed by atoms with Gasteiger partial charge >= 0.3 is 0 Å². The van der Waals surface area contributed by atoms with Crippen LogP contribution in [-0.4, -0.2) is 28.7 Å². The van der Waals surface area contributed by atoms with Crippen molar-refractivity contribution in [3.63, 3.8) is 0 Å². The van der Waals surface area contributed by atoms with Gasteiger partial charge in [0.15, 0.2) is 0 Å². The van der Waals surface area contributed by atoms with E-state index < -0.39 is 0 Å². The minimum Gasteiger partial charge on any atom is -0.495 e. The highest BCUT2D eigenvalue weighted by Crippen LogP contribution is 2.28. The van der Waals surface area contributed by atoms with Crippen LogP contribution in [0, 0.1) is 6.92 Å². The summed E-state index contributed by atoms with van der Waals surface area (Å²) in [5, 5.41) is 9.98. The molecular formula is C22H24N4O3. The average molecular weight is 392 g/mol. The largest absolute Gasteiger partial charge is 0.495 e. The minimum atomic E-state index is -0.265. The highest BCUT2D eigenvalue weighted by Gasteiger charge is 2.18. The number of hydrogen-bond acceptors (Lipinski definition) is 4. The van der Waals surface area contributed by atoms with E-state index in [4.69, 9.17) is 4.74 Å². The second-order valence-electron chi connectivity index (χ2n) is 6.66. The van der Waals surface area contributed by atoms with E-state index in [0.29, 0.717) is 29.1 Å². The van der Waals surface area contributed by atoms with Crippen molar-refractivity contribution >= 4 is 23.2 Å². The third-order valence-corrected chi connectivity index (χ3v) is 4.49. The molecule has 29 heavy (non-hydrogen) atoms. The van der Waals surface area contributed by atoms with Gasteiger partial charge in [-0.25, -0.2) is 4.68 Å². The number of nitrogens with one attached hydrogen (secondary N) is 2. The lowest BCUT2D eigenvalue weighted by Crippen LogP contribution is -2.15. The van der Waals surface area contributed by atoms with Gasteiger partial charge in [-0.2, -0.15) is 5.10 Å². The maximum atomic E-state index is 12.9. The number of anilines is 2. The summed E-state index contributed by atoms with van der Waals surface area (Å²) < 4.78 is 7.03. The molecule has 0 saturated heterocycles. The SMILES string of the molecule is CCc1c(C(=O)Nc2ccc(OC)c(NC(C)=O)c2)cnn1-c1ccc(C)cc1. The van der Waals surface area contributed by atoms with Crippen LogP contribution in [0.5, 0.6) is 5.75 Å². The van der Waals surface area contributed by atoms with Gasteiger partial charge in [-0.1, -0.05) is 24.6 Å². The standard InChI is InChI=1S/C22H24N4O3/c1-5-20-18(13-23-26(20)17-9-6-14(2)7-10-17)22(28)25-16-8-11-21(29-4)19(12-16)24-15(3)27/h6-13H,5H2,1-4H3,(H,24,27)(H,25,28). The predicted molar refractivity (Wildman–Crippen MR) is 113 cm³/mol. The van der Waals surface area contributed by atoms with Crippen LogP contribution in [0.1, 0.15) is 35.5 Å². The van der Waals surface area contributed by atoms with Crippen molar-refractivity contribution in [3.05, 3.63) is 65.5 Å². The molecule has 7 heteroatoms. The normalized spacial score (nSPS) is 10.5. The second-order valence-corrected chi connectivity index (χ2v) is 6.66. The first kappa shape index (κ1) is 20.1. The van der Waals surface area contributed by atoms with Crippen LogP contribution in [0.2, 0.25) is 0 Å². The molecule has 0 bridgehead atoms. The van der Waals surface area contributed by atoms with Crippen molar-refractivity contribution in [2.75, 3.05) is 17.7 Å². The molecule has 2 amide bonds. The quantitative estimate of drug-likeness (QED) is 0.665. The number of nitrogens with zero attached hydrogens (tertiary/aromatic N) is 2. The summed E-state index contributed by atoms with van der Waals surface area (Å²) in [4.78, 5) is 24.3. The first-order valence-electron chi connectivity index (χ1n) is 9.33. The number of aromatic nitrogens is 2. The van der Waals surface area contributed by atoms with Gasteiger partial charge in [-0.3, -0.25) is 9.59 Å². The maximum Gasteiger partial charge on any atom is 0.259 e. The third-order valence-electron chi connectivity index (χ3n) is 4.49. The summed E-state index contributed by atoms with van der Waals surface area (Å²) in [6.07, 6.45) is 2.22. The fourth-order valence-electron chi connectivity index (χ4n) is 3.08. The molecule has 0 spiro atoms. The van der Waals surface area contributed by atoms with Gasteiger partial charge in [0.25, 0.3) is 5.91 Å². The smallest absolute Gasteiger partial charge is 0.259 e. The van der Waals surface area contributed by atoms with Gasteiger partial charge in [0, 0.05) is 12.6 Å². The number of carbonyl (C=O) groups excluding carboxylic acids is 2. The molecule has 1 heterocycles. The fraction of sp³-hybridized carbons (Fsp3) is 0.227. The van der Waals surface area contributed by atoms with Crippen LogP contribution in [0.25, 0.3) is 5.69 Å². The molecule has 0 radical (unpaired) electrons. The second kappa shape index (κ2) is 8.60. The van der Waals surface area contributed by atoms with Crippen LogP contribution in [0.15, 0.2) is 48.7 Å². The van der Waals surface area contributed by atoms with Gasteiger partial charge in [0.1, 0.15) is 5.75 Å². The molecule has 3 rings (SSSR count). The Balaban J connectivity index is 1.88. The molecule has 1 aromatic heterocycles. The van der Waals surface area contributed by atoms with E-state index >= 15 is 0 Å². The Bertz CT molecular complexity index is 1040. The zero-order chi connectivity index (χ0) is 21.0. The summed E-state index contributed by atoms with van der Waals surface area (Å²) in [5.41, 5.74) is 4.43. The number of methoxy groups -OCH3 is 1. The molecule has 0 saturated carbocycles. The van der Waals surface area contributed by atoms with Crippen LogP contribution in [0.3, 0.4) is 0 Å². The molecule has 0 unspecified atom stereocenters. The number of amides is 2. The lowest BCUT2D eigenvalue weighted by molar-refractivity contribution is -0.114. The summed E-state index contributed by atoms with van der Waals surface area (Å²) in [5.74, 6) is 0.0261. The van der Waals surface area contributed by atoms with Crippen LogP contribution in [-0.2, 0) is 11.2 Å². The monoisotopic (exact) mass is 392 g/mol. The van der Waals surface area contributed by atoms with Crippen molar-refractivity contribution in [2.24, 2.45) is 0 Å². The number of benzene rings is 2. The van der Waals surface area contributed by atoms with Crippen molar-refractivity contribution in [3.8, 4) is 11.4 Å². The molecular weight excluding hydrogens is 368 g/mol. The van der Waals surface area contributed by atoms with Crippen LogP contribution < -0.4 is 15.4 Å². The van der Waals surface area contributed by atoms with Gasteiger partial charge in [-0.15, -0.1) is 0 Å². The van der Waals surface area contributed by atoms with Gasteiger partial charge in [0.2, 0.25) is 5.91 Å². The van der Waals surface area contributed by atoms with E-state index in [1.807, 2.05) is 38.1 Å². The Morgan fingerprint density at radius 1 is 1.10 bits per heavy atom. The zero-order valence-corrected chi connectivity index (χ0v) is 16.9. The fourth-order valence-corrected chi connectivity index (χ4v) is 3.08. The number of rotatable bonds is 6. The molecule has 2 N–H and O–H groups in total. The van der Waals surface area contributed by atoms with E-state index in [9.17, 15) is 9.59 Å². The molecule has 0 atom stereocenters. The van der Waals surface area contributed by atoms with E-state index in [1.165, 1.54) is 14.0 Å². The molecule has 0 aliphatic rings. The van der Waals surface area contributed by atoms with E-state index in [1.54, 1.807) is 29.1 Å². The van der Waals surface area contributed by atoms with E-state index in [2.05, 4.69) is 15.7 Å². The maximum absolute atomic E-state index is 12.9. The highest BCUT2D eigenvalue weighted by atomic mass is 16.5. The summed E-state index contributed by atoms with van der Waals surface area (Å²) in [6.45, 7) is 5.43. The third kappa shape index (κ3) is 4.45. The summed E-state index contributed by atoms with van der Waals surface area (Å²) in [7, 11) is 1.52. The van der Waals surface area contributed by atoms with Crippen LogP contribution in [0.4, 0.5) is 11.4 Å². The number of carbonyl (C=O) groups is 2. The minimum absolute atomic E-state index is 0.223. The van der Waals surface area contributed by atoms with Gasteiger partial charge < -0.3 is 15.4 Å². The van der Waals surface area contributed by atoms with Crippen molar-refractivity contribution < 1.29 is 14.3 Å². The Morgan fingerprint density at radius 2 is 1.83 bits per heavy atom. The predicted octanol–water partition coefficient (Wildman–Crippen LogP) is 3.96. The Morgan fingerprint density at radius 3 is 2.45 bits per heavy atom. The van der Waals surface area contributed by atoms with Crippen molar-refractivity contribution in [1.82, 2.24) is 9.78 Å². The molecule has 3 aromatic rings. The van der Waals surface area contributed by atoms with Crippen molar-refractivity contribution in [1.29, 1.82) is 0 Å². The van der Waals surface area contributed by atoms with Gasteiger partial charge in [-0.05, 0) is 43.7 Å². The molecule has 2 aromatic carbocycles. The molecule has 0 aliphatic carbocycles. The highest BCUT2D eigenvalue weighted by molar-refractivity contribution is 6.05. The lowest BCUT2D eigenvalue weighted by Gasteiger charge is -2.12. The summed E-state index contributed by atoms with van der Waals surface area (Å²) >= 11 is 0. The number of hydrogen-bond donors (Lipinski definition) is 2. The zero-order valence-electron chi connectivity index (χ0n) is 16.9. The summed E-state index contributed by atoms with van der Waals surface area (Å²) in [6, 6.07) is 13.1. The molecule has 7 nitrogen and oxygen atoms in total.